The Morgan fingerprint density at radius 2 is 0.789 bits per heavy atom. The van der Waals surface area contributed by atoms with E-state index >= 15 is 0 Å². The first-order valence-electron chi connectivity index (χ1n) is 12.8. The lowest BCUT2D eigenvalue weighted by atomic mass is 10.1. The molecule has 0 fully saturated rings. The Morgan fingerprint density at radius 3 is 1.21 bits per heavy atom. The van der Waals surface area contributed by atoms with Crippen molar-refractivity contribution in [2.24, 2.45) is 0 Å². The Balaban J connectivity index is 0.000000155. The predicted octanol–water partition coefficient (Wildman–Crippen LogP) is 7.16. The number of rotatable bonds is 6. The minimum absolute atomic E-state index is 0.0323. The predicted molar refractivity (Wildman–Crippen MR) is 153 cm³/mol. The lowest BCUT2D eigenvalue weighted by molar-refractivity contribution is 0.534. The molecule has 4 aromatic carbocycles. The summed E-state index contributed by atoms with van der Waals surface area (Å²) in [5, 5.41) is 1.29. The largest absolute Gasteiger partial charge is 0.461 e. The van der Waals surface area contributed by atoms with Crippen molar-refractivity contribution in [2.75, 3.05) is 0 Å². The molecule has 0 aliphatic carbocycles. The van der Waals surface area contributed by atoms with E-state index in [1.807, 2.05) is 72.8 Å². The Kier molecular flexibility index (Phi) is 7.90. The van der Waals surface area contributed by atoms with Crippen LogP contribution in [0.25, 0.3) is 21.9 Å². The average Bonchev–Trinajstić information content (AvgIpc) is 2.97. The van der Waals surface area contributed by atoms with Gasteiger partial charge in [-0.05, 0) is 48.2 Å². The minimum atomic E-state index is 0.0323. The maximum absolute atomic E-state index is 12.0. The highest BCUT2D eigenvalue weighted by atomic mass is 16.3. The van der Waals surface area contributed by atoms with Crippen LogP contribution in [0.4, 0.5) is 0 Å². The topological polar surface area (TPSA) is 60.4 Å². The van der Waals surface area contributed by atoms with Crippen LogP contribution in [0.2, 0.25) is 0 Å². The van der Waals surface area contributed by atoms with E-state index in [0.29, 0.717) is 21.9 Å². The van der Waals surface area contributed by atoms with Gasteiger partial charge in [0.25, 0.3) is 0 Å². The lowest BCUT2D eigenvalue weighted by Crippen LogP contribution is -2.03. The van der Waals surface area contributed by atoms with Gasteiger partial charge in [0.15, 0.2) is 10.9 Å². The second kappa shape index (κ2) is 12.0. The monoisotopic (exact) mass is 500 g/mol. The van der Waals surface area contributed by atoms with Gasteiger partial charge in [-0.25, -0.2) is 0 Å². The van der Waals surface area contributed by atoms with Gasteiger partial charge in [0, 0.05) is 25.0 Å². The Hall–Kier alpha value is -4.70. The van der Waals surface area contributed by atoms with Crippen molar-refractivity contribution in [3.63, 3.8) is 0 Å². The maximum Gasteiger partial charge on any atom is 0.192 e. The highest BCUT2D eigenvalue weighted by molar-refractivity contribution is 5.76. The summed E-state index contributed by atoms with van der Waals surface area (Å²) in [4.78, 5) is 23.9. The molecule has 38 heavy (non-hydrogen) atoms. The average molecular weight is 501 g/mol. The highest BCUT2D eigenvalue weighted by Crippen LogP contribution is 2.15. The van der Waals surface area contributed by atoms with Crippen molar-refractivity contribution < 1.29 is 8.83 Å². The van der Waals surface area contributed by atoms with E-state index in [9.17, 15) is 9.59 Å². The SMILES string of the molecule is O=c1cc(CCc2ccccc2)oc2ccccc12.O=c1cc(CCc2ccccc2)oc2ccccc12. The fourth-order valence-corrected chi connectivity index (χ4v) is 4.38. The smallest absolute Gasteiger partial charge is 0.192 e. The van der Waals surface area contributed by atoms with Crippen LogP contribution in [0.3, 0.4) is 0 Å². The molecule has 0 spiro atoms. The van der Waals surface area contributed by atoms with Crippen LogP contribution in [0.15, 0.2) is 140 Å². The molecule has 0 N–H and O–H groups in total. The first-order chi connectivity index (χ1) is 18.7. The van der Waals surface area contributed by atoms with Gasteiger partial charge in [0.2, 0.25) is 0 Å². The third-order valence-corrected chi connectivity index (χ3v) is 6.38. The van der Waals surface area contributed by atoms with E-state index in [1.54, 1.807) is 24.3 Å². The Bertz CT molecular complexity index is 1620. The van der Waals surface area contributed by atoms with Crippen LogP contribution < -0.4 is 10.9 Å². The normalized spacial score (nSPS) is 10.7. The van der Waals surface area contributed by atoms with E-state index in [0.717, 1.165) is 37.2 Å². The van der Waals surface area contributed by atoms with Gasteiger partial charge >= 0.3 is 0 Å². The molecule has 0 saturated carbocycles. The molecule has 0 bridgehead atoms. The molecule has 188 valence electrons. The fourth-order valence-electron chi connectivity index (χ4n) is 4.38. The molecule has 2 aromatic heterocycles. The molecule has 2 heterocycles. The van der Waals surface area contributed by atoms with Crippen LogP contribution in [-0.2, 0) is 25.7 Å². The first-order valence-corrected chi connectivity index (χ1v) is 12.8. The van der Waals surface area contributed by atoms with Gasteiger partial charge in [-0.15, -0.1) is 0 Å². The number of fused-ring (bicyclic) bond motifs is 2. The number of benzene rings is 4. The summed E-state index contributed by atoms with van der Waals surface area (Å²) in [6.07, 6.45) is 3.23. The molecule has 0 aliphatic rings. The molecule has 6 aromatic rings. The van der Waals surface area contributed by atoms with E-state index in [1.165, 1.54) is 11.1 Å². The van der Waals surface area contributed by atoms with E-state index in [4.69, 9.17) is 8.83 Å². The molecule has 0 atom stereocenters. The number of hydrogen-bond acceptors (Lipinski definition) is 4. The van der Waals surface area contributed by atoms with Crippen LogP contribution in [0.5, 0.6) is 0 Å². The summed E-state index contributed by atoms with van der Waals surface area (Å²) >= 11 is 0. The number of para-hydroxylation sites is 2. The molecule has 4 nitrogen and oxygen atoms in total. The summed E-state index contributed by atoms with van der Waals surface area (Å²) < 4.78 is 11.5. The molecular formula is C34H28O4. The Morgan fingerprint density at radius 1 is 0.421 bits per heavy atom. The van der Waals surface area contributed by atoms with Crippen molar-refractivity contribution in [3.8, 4) is 0 Å². The van der Waals surface area contributed by atoms with Crippen LogP contribution in [0.1, 0.15) is 22.6 Å². The molecular weight excluding hydrogens is 472 g/mol. The number of aryl methyl sites for hydroxylation is 4. The van der Waals surface area contributed by atoms with Crippen molar-refractivity contribution in [1.82, 2.24) is 0 Å². The van der Waals surface area contributed by atoms with E-state index in [-0.39, 0.29) is 10.9 Å². The lowest BCUT2D eigenvalue weighted by Gasteiger charge is -2.03. The zero-order valence-electron chi connectivity index (χ0n) is 21.0. The zero-order chi connectivity index (χ0) is 26.2. The van der Waals surface area contributed by atoms with Crippen LogP contribution >= 0.6 is 0 Å². The number of hydrogen-bond donors (Lipinski definition) is 0. The third-order valence-electron chi connectivity index (χ3n) is 6.38. The van der Waals surface area contributed by atoms with Crippen molar-refractivity contribution >= 4 is 21.9 Å². The molecule has 0 saturated heterocycles. The van der Waals surface area contributed by atoms with E-state index < -0.39 is 0 Å². The molecule has 0 amide bonds. The molecule has 4 heteroatoms. The van der Waals surface area contributed by atoms with Crippen LogP contribution in [-0.4, -0.2) is 0 Å². The van der Waals surface area contributed by atoms with Gasteiger partial charge in [0.1, 0.15) is 22.7 Å². The standard InChI is InChI=1S/2C17H14O2/c2*18-16-12-14(11-10-13-6-2-1-3-7-13)19-17-9-5-4-8-15(16)17/h2*1-9,12H,10-11H2. The van der Waals surface area contributed by atoms with Crippen molar-refractivity contribution in [2.45, 2.75) is 25.7 Å². The second-order valence-corrected chi connectivity index (χ2v) is 9.12. The third kappa shape index (κ3) is 6.34. The summed E-state index contributed by atoms with van der Waals surface area (Å²) in [5.41, 5.74) is 3.89. The van der Waals surface area contributed by atoms with Crippen molar-refractivity contribution in [3.05, 3.63) is 164 Å². The quantitative estimate of drug-likeness (QED) is 0.244. The van der Waals surface area contributed by atoms with Crippen LogP contribution in [0, 0.1) is 0 Å². The van der Waals surface area contributed by atoms with E-state index in [2.05, 4.69) is 24.3 Å². The molecule has 6 rings (SSSR count). The minimum Gasteiger partial charge on any atom is -0.461 e. The molecule has 0 unspecified atom stereocenters. The zero-order valence-corrected chi connectivity index (χ0v) is 21.0. The van der Waals surface area contributed by atoms with Gasteiger partial charge in [-0.3, -0.25) is 9.59 Å². The molecule has 0 radical (unpaired) electrons. The molecule has 0 aliphatic heterocycles. The summed E-state index contributed by atoms with van der Waals surface area (Å²) in [6, 6.07) is 38.3. The fraction of sp³-hybridized carbons (Fsp3) is 0.118. The maximum atomic E-state index is 12.0. The van der Waals surface area contributed by atoms with Gasteiger partial charge in [0.05, 0.1) is 10.8 Å². The first kappa shape index (κ1) is 25.0. The highest BCUT2D eigenvalue weighted by Gasteiger charge is 2.05. The summed E-state index contributed by atoms with van der Waals surface area (Å²) in [5.74, 6) is 1.49. The second-order valence-electron chi connectivity index (χ2n) is 9.12. The summed E-state index contributed by atoms with van der Waals surface area (Å²) in [6.45, 7) is 0. The van der Waals surface area contributed by atoms with Gasteiger partial charge < -0.3 is 8.83 Å². The van der Waals surface area contributed by atoms with Gasteiger partial charge in [-0.2, -0.15) is 0 Å². The summed E-state index contributed by atoms with van der Waals surface area (Å²) in [7, 11) is 0. The Labute approximate surface area is 220 Å². The van der Waals surface area contributed by atoms with Crippen molar-refractivity contribution in [1.29, 1.82) is 0 Å². The van der Waals surface area contributed by atoms with Gasteiger partial charge in [-0.1, -0.05) is 84.9 Å².